The second-order valence-corrected chi connectivity index (χ2v) is 8.02. The summed E-state index contributed by atoms with van der Waals surface area (Å²) in [7, 11) is 0. The predicted octanol–water partition coefficient (Wildman–Crippen LogP) is 6.80. The molecule has 0 spiro atoms. The fraction of sp³-hybridized carbons (Fsp3) is 0.905. The first kappa shape index (κ1) is 24.4. The third-order valence-electron chi connectivity index (χ3n) is 4.49. The van der Waals surface area contributed by atoms with E-state index in [2.05, 4.69) is 13.8 Å². The van der Waals surface area contributed by atoms with Gasteiger partial charge in [-0.2, -0.15) is 0 Å². The minimum Gasteiger partial charge on any atom is -0.392 e. The van der Waals surface area contributed by atoms with Gasteiger partial charge in [0.15, 0.2) is 0 Å². The molecular formula is C21H39ClO3. The lowest BCUT2D eigenvalue weighted by Gasteiger charge is -2.06. The van der Waals surface area contributed by atoms with Crippen LogP contribution < -0.4 is 0 Å². The van der Waals surface area contributed by atoms with Gasteiger partial charge in [0, 0.05) is 6.42 Å². The van der Waals surface area contributed by atoms with Crippen molar-refractivity contribution in [2.45, 2.75) is 116 Å². The fourth-order valence-electron chi connectivity index (χ4n) is 2.81. The highest BCUT2D eigenvalue weighted by Gasteiger charge is 2.17. The molecular weight excluding hydrogens is 336 g/mol. The van der Waals surface area contributed by atoms with Gasteiger partial charge in [0.1, 0.15) is 5.38 Å². The van der Waals surface area contributed by atoms with Crippen LogP contribution in [-0.4, -0.2) is 17.3 Å². The van der Waals surface area contributed by atoms with Crippen molar-refractivity contribution in [1.82, 2.24) is 0 Å². The third kappa shape index (κ3) is 16.6. The second kappa shape index (κ2) is 16.9. The third-order valence-corrected chi connectivity index (χ3v) is 4.98. The minimum absolute atomic E-state index is 0.315. The van der Waals surface area contributed by atoms with Crippen LogP contribution >= 0.6 is 11.6 Å². The molecule has 0 fully saturated rings. The molecule has 0 aliphatic carbocycles. The Hall–Kier alpha value is -0.570. The van der Waals surface area contributed by atoms with Crippen molar-refractivity contribution < 1.29 is 14.3 Å². The van der Waals surface area contributed by atoms with E-state index in [9.17, 15) is 9.59 Å². The fourth-order valence-corrected chi connectivity index (χ4v) is 2.85. The smallest absolute Gasteiger partial charge is 0.331 e. The van der Waals surface area contributed by atoms with Gasteiger partial charge < -0.3 is 4.74 Å². The van der Waals surface area contributed by atoms with Crippen LogP contribution in [0.3, 0.4) is 0 Å². The van der Waals surface area contributed by atoms with E-state index in [1.54, 1.807) is 6.92 Å². The molecule has 25 heavy (non-hydrogen) atoms. The average Bonchev–Trinajstić information content (AvgIpc) is 2.57. The number of ether oxygens (including phenoxy) is 1. The highest BCUT2D eigenvalue weighted by molar-refractivity contribution is 6.30. The van der Waals surface area contributed by atoms with Crippen LogP contribution in [0.5, 0.6) is 0 Å². The summed E-state index contributed by atoms with van der Waals surface area (Å²) >= 11 is 5.72. The number of esters is 2. The Kier molecular flexibility index (Phi) is 16.5. The molecule has 0 heterocycles. The Labute approximate surface area is 160 Å². The number of hydrogen-bond donors (Lipinski definition) is 0. The summed E-state index contributed by atoms with van der Waals surface area (Å²) in [6.45, 7) is 6.38. The summed E-state index contributed by atoms with van der Waals surface area (Å²) in [6.07, 6.45) is 15.9. The minimum atomic E-state index is -0.709. The number of alkyl halides is 1. The Balaban J connectivity index is 3.28. The molecule has 0 rings (SSSR count). The van der Waals surface area contributed by atoms with Gasteiger partial charge in [-0.3, -0.25) is 4.79 Å². The number of hydrogen-bond acceptors (Lipinski definition) is 3. The van der Waals surface area contributed by atoms with Crippen LogP contribution in [0.15, 0.2) is 0 Å². The molecule has 148 valence electrons. The SMILES string of the molecule is CCC(Cl)C(=O)OC(=O)CCCCCCCCCCCCCC(C)C. The van der Waals surface area contributed by atoms with E-state index < -0.39 is 17.3 Å². The normalized spacial score (nSPS) is 12.4. The summed E-state index contributed by atoms with van der Waals surface area (Å²) in [5, 5.41) is -0.709. The molecule has 0 saturated heterocycles. The van der Waals surface area contributed by atoms with Gasteiger partial charge in [-0.05, 0) is 18.8 Å². The zero-order valence-electron chi connectivity index (χ0n) is 16.7. The highest BCUT2D eigenvalue weighted by atomic mass is 35.5. The van der Waals surface area contributed by atoms with Crippen molar-refractivity contribution in [2.75, 3.05) is 0 Å². The molecule has 3 nitrogen and oxygen atoms in total. The van der Waals surface area contributed by atoms with Crippen LogP contribution in [0, 0.1) is 5.92 Å². The molecule has 0 saturated carbocycles. The van der Waals surface area contributed by atoms with Crippen molar-refractivity contribution >= 4 is 23.5 Å². The molecule has 0 aromatic heterocycles. The molecule has 0 amide bonds. The van der Waals surface area contributed by atoms with Gasteiger partial charge in [0.2, 0.25) is 0 Å². The molecule has 0 aromatic carbocycles. The molecule has 0 aromatic rings. The van der Waals surface area contributed by atoms with Crippen LogP contribution in [0.25, 0.3) is 0 Å². The topological polar surface area (TPSA) is 43.4 Å². The number of unbranched alkanes of at least 4 members (excludes halogenated alkanes) is 10. The highest BCUT2D eigenvalue weighted by Crippen LogP contribution is 2.14. The first-order valence-corrected chi connectivity index (χ1v) is 10.8. The van der Waals surface area contributed by atoms with Crippen LogP contribution in [0.2, 0.25) is 0 Å². The summed E-state index contributed by atoms with van der Waals surface area (Å²) in [5.41, 5.74) is 0. The molecule has 1 atom stereocenters. The van der Waals surface area contributed by atoms with Crippen molar-refractivity contribution in [2.24, 2.45) is 5.92 Å². The number of rotatable bonds is 16. The monoisotopic (exact) mass is 374 g/mol. The van der Waals surface area contributed by atoms with E-state index in [0.717, 1.165) is 25.2 Å². The second-order valence-electron chi connectivity index (χ2n) is 7.49. The summed E-state index contributed by atoms with van der Waals surface area (Å²) in [5.74, 6) is -0.212. The van der Waals surface area contributed by atoms with Crippen LogP contribution in [0.4, 0.5) is 0 Å². The summed E-state index contributed by atoms with van der Waals surface area (Å²) in [4.78, 5) is 22.8. The zero-order chi connectivity index (χ0) is 18.9. The average molecular weight is 375 g/mol. The molecule has 0 bridgehead atoms. The van der Waals surface area contributed by atoms with Crippen molar-refractivity contribution in [3.63, 3.8) is 0 Å². The molecule has 0 radical (unpaired) electrons. The maximum atomic E-state index is 11.5. The van der Waals surface area contributed by atoms with Gasteiger partial charge in [-0.25, -0.2) is 4.79 Å². The zero-order valence-corrected chi connectivity index (χ0v) is 17.4. The quantitative estimate of drug-likeness (QED) is 0.129. The predicted molar refractivity (Wildman–Crippen MR) is 106 cm³/mol. The van der Waals surface area contributed by atoms with Gasteiger partial charge >= 0.3 is 11.9 Å². The lowest BCUT2D eigenvalue weighted by Crippen LogP contribution is -2.20. The van der Waals surface area contributed by atoms with Crippen molar-refractivity contribution in [3.8, 4) is 0 Å². The number of carbonyl (C=O) groups excluding carboxylic acids is 2. The first-order valence-electron chi connectivity index (χ1n) is 10.4. The molecule has 1 unspecified atom stereocenters. The number of halogens is 1. The van der Waals surface area contributed by atoms with E-state index in [1.807, 2.05) is 0 Å². The standard InChI is InChI=1S/C21H39ClO3/c1-4-19(22)21(24)25-20(23)17-15-13-11-9-7-5-6-8-10-12-14-16-18(2)3/h18-19H,4-17H2,1-3H3. The summed E-state index contributed by atoms with van der Waals surface area (Å²) < 4.78 is 4.71. The van der Waals surface area contributed by atoms with E-state index in [-0.39, 0.29) is 0 Å². The largest absolute Gasteiger partial charge is 0.392 e. The molecule has 4 heteroatoms. The van der Waals surface area contributed by atoms with Crippen LogP contribution in [-0.2, 0) is 14.3 Å². The molecule has 0 aliphatic rings. The lowest BCUT2D eigenvalue weighted by molar-refractivity contribution is -0.159. The molecule has 0 aliphatic heterocycles. The van der Waals surface area contributed by atoms with E-state index in [1.165, 1.54) is 57.8 Å². The van der Waals surface area contributed by atoms with Gasteiger partial charge in [0.25, 0.3) is 0 Å². The Bertz CT molecular complexity index is 342. The number of carbonyl (C=O) groups is 2. The van der Waals surface area contributed by atoms with Gasteiger partial charge in [0.05, 0.1) is 0 Å². The van der Waals surface area contributed by atoms with Crippen LogP contribution in [0.1, 0.15) is 111 Å². The van der Waals surface area contributed by atoms with Crippen molar-refractivity contribution in [3.05, 3.63) is 0 Å². The summed E-state index contributed by atoms with van der Waals surface area (Å²) in [6, 6.07) is 0. The van der Waals surface area contributed by atoms with E-state index in [4.69, 9.17) is 16.3 Å². The van der Waals surface area contributed by atoms with E-state index >= 15 is 0 Å². The maximum Gasteiger partial charge on any atom is 0.331 e. The molecule has 0 N–H and O–H groups in total. The Morgan fingerprint density at radius 2 is 1.24 bits per heavy atom. The Morgan fingerprint density at radius 1 is 0.800 bits per heavy atom. The van der Waals surface area contributed by atoms with Gasteiger partial charge in [-0.1, -0.05) is 91.4 Å². The lowest BCUT2D eigenvalue weighted by atomic mass is 10.0. The Morgan fingerprint density at radius 3 is 1.68 bits per heavy atom. The van der Waals surface area contributed by atoms with Crippen molar-refractivity contribution in [1.29, 1.82) is 0 Å². The van der Waals surface area contributed by atoms with E-state index in [0.29, 0.717) is 12.8 Å². The first-order chi connectivity index (χ1) is 12.0. The van der Waals surface area contributed by atoms with Gasteiger partial charge in [-0.15, -0.1) is 11.6 Å². The maximum absolute atomic E-state index is 11.5.